The van der Waals surface area contributed by atoms with Crippen molar-refractivity contribution in [3.05, 3.63) is 17.5 Å². The molecule has 8 heteroatoms. The first-order valence-corrected chi connectivity index (χ1v) is 8.57. The Labute approximate surface area is 123 Å². The average molecular weight is 313 g/mol. The molecule has 0 saturated carbocycles. The number of amides is 1. The second-order valence-electron chi connectivity index (χ2n) is 5.82. The molecule has 1 amide bonds. The van der Waals surface area contributed by atoms with Gasteiger partial charge in [0.05, 0.1) is 5.25 Å². The van der Waals surface area contributed by atoms with Gasteiger partial charge in [-0.2, -0.15) is 0 Å². The van der Waals surface area contributed by atoms with Crippen molar-refractivity contribution < 1.29 is 17.7 Å². The normalized spacial score (nSPS) is 29.1. The molecule has 0 spiro atoms. The van der Waals surface area contributed by atoms with Crippen LogP contribution in [0.4, 0.5) is 0 Å². The van der Waals surface area contributed by atoms with Crippen molar-refractivity contribution >= 4 is 15.9 Å². The van der Waals surface area contributed by atoms with Crippen molar-refractivity contribution in [2.24, 2.45) is 5.92 Å². The van der Waals surface area contributed by atoms with Crippen LogP contribution in [0.15, 0.2) is 10.6 Å². The molecule has 0 aliphatic carbocycles. The maximum absolute atomic E-state index is 12.4. The molecule has 2 saturated heterocycles. The Kier molecular flexibility index (Phi) is 3.53. The maximum Gasteiger partial charge on any atom is 0.276 e. The van der Waals surface area contributed by atoms with Gasteiger partial charge in [0.2, 0.25) is 10.0 Å². The molecule has 0 N–H and O–H groups in total. The van der Waals surface area contributed by atoms with Gasteiger partial charge in [0.25, 0.3) is 5.91 Å². The van der Waals surface area contributed by atoms with Gasteiger partial charge in [0.15, 0.2) is 5.69 Å². The minimum Gasteiger partial charge on any atom is -0.361 e. The molecule has 1 aromatic rings. The standard InChI is InChI=1S/C13H19N3O4S/c1-9-7-11(14-20-9)13(17)16-5-3-10-8-15(2)21(18,19)12(10)4-6-16/h7,10,12H,3-6,8H2,1-2H3/t10-,12-/m1/s1. The SMILES string of the molecule is Cc1cc(C(=O)N2CC[C@@H]3CN(C)S(=O)(=O)[C@@H]3CC2)no1. The summed E-state index contributed by atoms with van der Waals surface area (Å²) in [5.74, 6) is 0.517. The average Bonchev–Trinajstić information content (AvgIpc) is 2.85. The van der Waals surface area contributed by atoms with Crippen LogP contribution in [0.1, 0.15) is 29.1 Å². The van der Waals surface area contributed by atoms with Gasteiger partial charge in [-0.1, -0.05) is 5.16 Å². The summed E-state index contributed by atoms with van der Waals surface area (Å²) in [4.78, 5) is 14.0. The predicted octanol–water partition coefficient (Wildman–Crippen LogP) is 0.479. The lowest BCUT2D eigenvalue weighted by Crippen LogP contribution is -2.34. The summed E-state index contributed by atoms with van der Waals surface area (Å²) in [5, 5.41) is 3.38. The fourth-order valence-corrected chi connectivity index (χ4v) is 5.21. The molecule has 21 heavy (non-hydrogen) atoms. The predicted molar refractivity (Wildman–Crippen MR) is 75.2 cm³/mol. The number of aromatic nitrogens is 1. The van der Waals surface area contributed by atoms with Gasteiger partial charge >= 0.3 is 0 Å². The van der Waals surface area contributed by atoms with E-state index in [4.69, 9.17) is 4.52 Å². The van der Waals surface area contributed by atoms with Gasteiger partial charge in [-0.3, -0.25) is 4.79 Å². The van der Waals surface area contributed by atoms with E-state index in [0.29, 0.717) is 43.9 Å². The quantitative estimate of drug-likeness (QED) is 0.753. The highest BCUT2D eigenvalue weighted by molar-refractivity contribution is 7.90. The molecular formula is C13H19N3O4S. The molecule has 3 rings (SSSR count). The number of sulfonamides is 1. The van der Waals surface area contributed by atoms with E-state index in [0.717, 1.165) is 0 Å². The molecule has 3 heterocycles. The molecule has 2 aliphatic heterocycles. The van der Waals surface area contributed by atoms with Gasteiger partial charge < -0.3 is 9.42 Å². The number of aryl methyl sites for hydroxylation is 1. The van der Waals surface area contributed by atoms with E-state index < -0.39 is 10.0 Å². The second-order valence-corrected chi connectivity index (χ2v) is 8.08. The van der Waals surface area contributed by atoms with Crippen LogP contribution < -0.4 is 0 Å². The lowest BCUT2D eigenvalue weighted by Gasteiger charge is -2.20. The smallest absolute Gasteiger partial charge is 0.276 e. The summed E-state index contributed by atoms with van der Waals surface area (Å²) >= 11 is 0. The van der Waals surface area contributed by atoms with Crippen LogP contribution in [-0.4, -0.2) is 60.6 Å². The Morgan fingerprint density at radius 3 is 2.76 bits per heavy atom. The van der Waals surface area contributed by atoms with Gasteiger partial charge in [-0.25, -0.2) is 12.7 Å². The fraction of sp³-hybridized carbons (Fsp3) is 0.692. The minimum absolute atomic E-state index is 0.108. The van der Waals surface area contributed by atoms with Crippen LogP contribution in [0.2, 0.25) is 0 Å². The Bertz CT molecular complexity index is 654. The Morgan fingerprint density at radius 1 is 1.38 bits per heavy atom. The topological polar surface area (TPSA) is 83.7 Å². The first kappa shape index (κ1) is 14.5. The number of rotatable bonds is 1. The van der Waals surface area contributed by atoms with Crippen LogP contribution in [0.5, 0.6) is 0 Å². The number of nitrogens with zero attached hydrogens (tertiary/aromatic N) is 3. The van der Waals surface area contributed by atoms with Gasteiger partial charge in [0.1, 0.15) is 5.76 Å². The van der Waals surface area contributed by atoms with Crippen molar-refractivity contribution in [1.29, 1.82) is 0 Å². The third-order valence-corrected chi connectivity index (χ3v) is 6.83. The highest BCUT2D eigenvalue weighted by atomic mass is 32.2. The molecule has 2 aliphatic rings. The minimum atomic E-state index is -3.20. The van der Waals surface area contributed by atoms with Crippen molar-refractivity contribution in [2.45, 2.75) is 25.0 Å². The van der Waals surface area contributed by atoms with E-state index in [1.54, 1.807) is 24.9 Å². The van der Waals surface area contributed by atoms with Crippen molar-refractivity contribution in [2.75, 3.05) is 26.7 Å². The summed E-state index contributed by atoms with van der Waals surface area (Å²) in [6.45, 7) is 3.30. The number of hydrogen-bond acceptors (Lipinski definition) is 5. The van der Waals surface area contributed by atoms with Gasteiger partial charge in [-0.15, -0.1) is 0 Å². The number of hydrogen-bond donors (Lipinski definition) is 0. The number of carbonyl (C=O) groups is 1. The first-order chi connectivity index (χ1) is 9.89. The fourth-order valence-electron chi connectivity index (χ4n) is 3.24. The third-order valence-electron chi connectivity index (χ3n) is 4.42. The van der Waals surface area contributed by atoms with Crippen LogP contribution in [-0.2, 0) is 10.0 Å². The van der Waals surface area contributed by atoms with E-state index in [-0.39, 0.29) is 17.1 Å². The van der Waals surface area contributed by atoms with E-state index >= 15 is 0 Å². The molecule has 0 aromatic carbocycles. The molecule has 116 valence electrons. The second kappa shape index (κ2) is 5.10. The Balaban J connectivity index is 1.75. The number of fused-ring (bicyclic) bond motifs is 1. The molecule has 0 bridgehead atoms. The van der Waals surface area contributed by atoms with Crippen molar-refractivity contribution in [3.8, 4) is 0 Å². The number of carbonyl (C=O) groups excluding carboxylic acids is 1. The van der Waals surface area contributed by atoms with Gasteiger partial charge in [0, 0.05) is 32.7 Å². The summed E-state index contributed by atoms with van der Waals surface area (Å²) in [5.41, 5.74) is 0.291. The van der Waals surface area contributed by atoms with E-state index in [1.807, 2.05) is 0 Å². The monoisotopic (exact) mass is 313 g/mol. The summed E-state index contributed by atoms with van der Waals surface area (Å²) in [7, 11) is -1.57. The van der Waals surface area contributed by atoms with Crippen LogP contribution in [0.25, 0.3) is 0 Å². The summed E-state index contributed by atoms with van der Waals surface area (Å²) in [6.07, 6.45) is 1.19. The Morgan fingerprint density at radius 2 is 2.10 bits per heavy atom. The van der Waals surface area contributed by atoms with Gasteiger partial charge in [-0.05, 0) is 25.7 Å². The zero-order chi connectivity index (χ0) is 15.2. The lowest BCUT2D eigenvalue weighted by molar-refractivity contribution is 0.0749. The molecule has 7 nitrogen and oxygen atoms in total. The number of likely N-dealkylation sites (tertiary alicyclic amines) is 1. The molecule has 0 radical (unpaired) electrons. The van der Waals surface area contributed by atoms with Crippen LogP contribution >= 0.6 is 0 Å². The zero-order valence-corrected chi connectivity index (χ0v) is 13.0. The lowest BCUT2D eigenvalue weighted by atomic mass is 10.0. The Hall–Kier alpha value is -1.41. The molecular weight excluding hydrogens is 294 g/mol. The molecule has 0 unspecified atom stereocenters. The van der Waals surface area contributed by atoms with Crippen molar-refractivity contribution in [3.63, 3.8) is 0 Å². The molecule has 2 fully saturated rings. The summed E-state index contributed by atoms with van der Waals surface area (Å²) in [6, 6.07) is 1.61. The summed E-state index contributed by atoms with van der Waals surface area (Å²) < 4.78 is 30.8. The highest BCUT2D eigenvalue weighted by Gasteiger charge is 2.45. The third kappa shape index (κ3) is 2.46. The van der Waals surface area contributed by atoms with Crippen LogP contribution in [0, 0.1) is 12.8 Å². The van der Waals surface area contributed by atoms with Crippen LogP contribution in [0.3, 0.4) is 0 Å². The van der Waals surface area contributed by atoms with E-state index in [9.17, 15) is 13.2 Å². The molecule has 2 atom stereocenters. The van der Waals surface area contributed by atoms with E-state index in [1.165, 1.54) is 4.31 Å². The van der Waals surface area contributed by atoms with Crippen molar-refractivity contribution in [1.82, 2.24) is 14.4 Å². The largest absolute Gasteiger partial charge is 0.361 e. The molecule has 1 aromatic heterocycles. The van der Waals surface area contributed by atoms with E-state index in [2.05, 4.69) is 5.16 Å². The highest BCUT2D eigenvalue weighted by Crippen LogP contribution is 2.33. The maximum atomic E-state index is 12.4. The first-order valence-electron chi connectivity index (χ1n) is 7.07. The zero-order valence-electron chi connectivity index (χ0n) is 12.2.